The Kier molecular flexibility index (Phi) is 4.02. The maximum Gasteiger partial charge on any atom is 0.274 e. The van der Waals surface area contributed by atoms with Gasteiger partial charge in [0.15, 0.2) is 0 Å². The number of nitrogens with one attached hydrogen (secondary N) is 1. The number of rotatable bonds is 5. The highest BCUT2D eigenvalue weighted by Crippen LogP contribution is 2.37. The molecule has 0 bridgehead atoms. The number of halogens is 1. The molecule has 1 aromatic heterocycles. The number of carbonyl (C=O) groups is 2. The van der Waals surface area contributed by atoms with Crippen molar-refractivity contribution in [2.75, 3.05) is 13.1 Å². The molecule has 0 unspecified atom stereocenters. The molecule has 120 valence electrons. The molecule has 3 rings (SSSR count). The molecule has 0 aromatic carbocycles. The van der Waals surface area contributed by atoms with Crippen LogP contribution in [0.3, 0.4) is 0 Å². The van der Waals surface area contributed by atoms with Crippen molar-refractivity contribution in [2.45, 2.75) is 45.2 Å². The summed E-state index contributed by atoms with van der Waals surface area (Å²) >= 11 is 0. The molecular formula is C16H22FN3O2. The fourth-order valence-corrected chi connectivity index (χ4v) is 3.02. The summed E-state index contributed by atoms with van der Waals surface area (Å²) in [6.45, 7) is 5.28. The Morgan fingerprint density at radius 2 is 2.23 bits per heavy atom. The van der Waals surface area contributed by atoms with Gasteiger partial charge in [-0.2, -0.15) is 5.10 Å². The summed E-state index contributed by atoms with van der Waals surface area (Å²) in [6, 6.07) is 1.80. The Hall–Kier alpha value is -1.72. The van der Waals surface area contributed by atoms with Gasteiger partial charge in [-0.05, 0) is 30.7 Å². The second-order valence-electron chi connectivity index (χ2n) is 6.80. The molecule has 1 aromatic rings. The molecular weight excluding hydrogens is 285 g/mol. The number of hydrogen-bond acceptors (Lipinski definition) is 3. The van der Waals surface area contributed by atoms with Gasteiger partial charge < -0.3 is 4.90 Å². The highest BCUT2D eigenvalue weighted by molar-refractivity contribution is 5.92. The van der Waals surface area contributed by atoms with Gasteiger partial charge in [-0.15, -0.1) is 0 Å². The number of nitrogens with zero attached hydrogens (tertiary/aromatic N) is 2. The van der Waals surface area contributed by atoms with Crippen molar-refractivity contribution in [3.05, 3.63) is 17.5 Å². The summed E-state index contributed by atoms with van der Waals surface area (Å²) in [6.07, 6.45) is 0.666. The van der Waals surface area contributed by atoms with Crippen LogP contribution in [0.25, 0.3) is 0 Å². The van der Waals surface area contributed by atoms with Gasteiger partial charge in [0.2, 0.25) is 0 Å². The molecule has 1 saturated carbocycles. The van der Waals surface area contributed by atoms with Crippen LogP contribution in [0.4, 0.5) is 4.39 Å². The average molecular weight is 307 g/mol. The van der Waals surface area contributed by atoms with Crippen LogP contribution < -0.4 is 0 Å². The van der Waals surface area contributed by atoms with E-state index in [9.17, 15) is 14.0 Å². The minimum absolute atomic E-state index is 0.0219. The zero-order valence-electron chi connectivity index (χ0n) is 13.0. The fraction of sp³-hybridized carbons (Fsp3) is 0.688. The van der Waals surface area contributed by atoms with E-state index in [-0.39, 0.29) is 23.5 Å². The first-order chi connectivity index (χ1) is 10.5. The zero-order chi connectivity index (χ0) is 15.9. The highest BCUT2D eigenvalue weighted by atomic mass is 19.1. The second-order valence-corrected chi connectivity index (χ2v) is 6.80. The summed E-state index contributed by atoms with van der Waals surface area (Å²) in [5.74, 6) is 0.0178. The fourth-order valence-electron chi connectivity index (χ4n) is 3.02. The predicted molar refractivity (Wildman–Crippen MR) is 79.3 cm³/mol. The van der Waals surface area contributed by atoms with Gasteiger partial charge in [-0.1, -0.05) is 13.8 Å². The molecule has 1 aliphatic carbocycles. The second kappa shape index (κ2) is 5.82. The van der Waals surface area contributed by atoms with Crippen molar-refractivity contribution in [1.82, 2.24) is 15.1 Å². The quantitative estimate of drug-likeness (QED) is 0.908. The Bertz CT molecular complexity index is 584. The summed E-state index contributed by atoms with van der Waals surface area (Å²) < 4.78 is 12.9. The SMILES string of the molecule is CC(C)c1cc(C(=O)N2CC[C@@H](CC(=O)[C@H]3C[C@H]3F)C2)n[nH]1. The lowest BCUT2D eigenvalue weighted by Gasteiger charge is -2.14. The van der Waals surface area contributed by atoms with E-state index in [2.05, 4.69) is 10.2 Å². The molecule has 2 heterocycles. The third-order valence-corrected chi connectivity index (χ3v) is 4.63. The summed E-state index contributed by atoms with van der Waals surface area (Å²) in [5, 5.41) is 6.97. The number of hydrogen-bond donors (Lipinski definition) is 1. The minimum Gasteiger partial charge on any atom is -0.337 e. The first-order valence-electron chi connectivity index (χ1n) is 7.97. The zero-order valence-corrected chi connectivity index (χ0v) is 13.0. The van der Waals surface area contributed by atoms with E-state index in [0.717, 1.165) is 12.1 Å². The van der Waals surface area contributed by atoms with Crippen LogP contribution in [-0.2, 0) is 4.79 Å². The van der Waals surface area contributed by atoms with E-state index in [1.807, 2.05) is 13.8 Å². The molecule has 0 radical (unpaired) electrons. The number of likely N-dealkylation sites (tertiary alicyclic amines) is 1. The van der Waals surface area contributed by atoms with Crippen LogP contribution in [0.15, 0.2) is 6.07 Å². The lowest BCUT2D eigenvalue weighted by molar-refractivity contribution is -0.121. The predicted octanol–water partition coefficient (Wildman–Crippen LogP) is 2.31. The van der Waals surface area contributed by atoms with Gasteiger partial charge in [-0.3, -0.25) is 14.7 Å². The van der Waals surface area contributed by atoms with Gasteiger partial charge in [-0.25, -0.2) is 4.39 Å². The molecule has 2 fully saturated rings. The van der Waals surface area contributed by atoms with E-state index in [1.54, 1.807) is 11.0 Å². The van der Waals surface area contributed by atoms with Crippen molar-refractivity contribution in [2.24, 2.45) is 11.8 Å². The van der Waals surface area contributed by atoms with Crippen LogP contribution in [0.5, 0.6) is 0 Å². The Balaban J connectivity index is 1.55. The van der Waals surface area contributed by atoms with E-state index in [0.29, 0.717) is 37.5 Å². The normalized spacial score (nSPS) is 27.5. The number of ketones is 1. The smallest absolute Gasteiger partial charge is 0.274 e. The van der Waals surface area contributed by atoms with Crippen LogP contribution >= 0.6 is 0 Å². The van der Waals surface area contributed by atoms with E-state index in [4.69, 9.17) is 0 Å². The van der Waals surface area contributed by atoms with Crippen LogP contribution in [0.1, 0.15) is 55.2 Å². The third kappa shape index (κ3) is 3.05. The van der Waals surface area contributed by atoms with E-state index in [1.165, 1.54) is 0 Å². The molecule has 6 heteroatoms. The molecule has 1 N–H and O–H groups in total. The number of H-pyrrole nitrogens is 1. The topological polar surface area (TPSA) is 66.1 Å². The minimum atomic E-state index is -0.926. The molecule has 22 heavy (non-hydrogen) atoms. The molecule has 1 saturated heterocycles. The van der Waals surface area contributed by atoms with Crippen LogP contribution in [0.2, 0.25) is 0 Å². The number of alkyl halides is 1. The van der Waals surface area contributed by atoms with Crippen molar-refractivity contribution < 1.29 is 14.0 Å². The standard InChI is InChI=1S/C16H22FN3O2/c1-9(2)13-7-14(19-18-13)16(22)20-4-3-10(8-20)5-15(21)11-6-12(11)17/h7,9-12H,3-6,8H2,1-2H3,(H,18,19)/t10-,11-,12+/m0/s1. The molecule has 0 spiro atoms. The Morgan fingerprint density at radius 1 is 1.50 bits per heavy atom. The number of aromatic amines is 1. The molecule has 1 aliphatic heterocycles. The number of Topliss-reactive ketones (excluding diaryl/α,β-unsaturated/α-hetero) is 1. The Morgan fingerprint density at radius 3 is 2.82 bits per heavy atom. The average Bonchev–Trinajstić information content (AvgIpc) is 2.93. The first kappa shape index (κ1) is 15.2. The van der Waals surface area contributed by atoms with Crippen molar-refractivity contribution in [1.29, 1.82) is 0 Å². The lowest BCUT2D eigenvalue weighted by atomic mass is 9.99. The van der Waals surface area contributed by atoms with Crippen LogP contribution in [-0.4, -0.2) is 46.0 Å². The summed E-state index contributed by atoms with van der Waals surface area (Å²) in [7, 11) is 0. The highest BCUT2D eigenvalue weighted by Gasteiger charge is 2.44. The largest absolute Gasteiger partial charge is 0.337 e. The molecule has 2 aliphatic rings. The van der Waals surface area contributed by atoms with Gasteiger partial charge in [0.25, 0.3) is 5.91 Å². The van der Waals surface area contributed by atoms with Gasteiger partial charge >= 0.3 is 0 Å². The van der Waals surface area contributed by atoms with Crippen molar-refractivity contribution in [3.8, 4) is 0 Å². The van der Waals surface area contributed by atoms with Crippen LogP contribution in [0, 0.1) is 11.8 Å². The lowest BCUT2D eigenvalue weighted by Crippen LogP contribution is -2.29. The maximum absolute atomic E-state index is 12.9. The van der Waals surface area contributed by atoms with Gasteiger partial charge in [0.1, 0.15) is 17.6 Å². The molecule has 1 amide bonds. The monoisotopic (exact) mass is 307 g/mol. The number of aromatic nitrogens is 2. The Labute approximate surface area is 129 Å². The van der Waals surface area contributed by atoms with E-state index < -0.39 is 6.17 Å². The summed E-state index contributed by atoms with van der Waals surface area (Å²) in [4.78, 5) is 26.0. The van der Waals surface area contributed by atoms with Crippen molar-refractivity contribution in [3.63, 3.8) is 0 Å². The third-order valence-electron chi connectivity index (χ3n) is 4.63. The number of carbonyl (C=O) groups excluding carboxylic acids is 2. The number of amides is 1. The molecule has 5 nitrogen and oxygen atoms in total. The summed E-state index contributed by atoms with van der Waals surface area (Å²) in [5.41, 5.74) is 1.37. The van der Waals surface area contributed by atoms with Gasteiger partial charge in [0, 0.05) is 25.2 Å². The van der Waals surface area contributed by atoms with Gasteiger partial charge in [0.05, 0.1) is 5.92 Å². The molecule has 3 atom stereocenters. The maximum atomic E-state index is 12.9. The van der Waals surface area contributed by atoms with E-state index >= 15 is 0 Å². The van der Waals surface area contributed by atoms with Crippen molar-refractivity contribution >= 4 is 11.7 Å². The first-order valence-corrected chi connectivity index (χ1v) is 7.97.